The van der Waals surface area contributed by atoms with Crippen molar-refractivity contribution >= 4 is 17.5 Å². The van der Waals surface area contributed by atoms with Crippen LogP contribution in [0.5, 0.6) is 0 Å². The van der Waals surface area contributed by atoms with Crippen LogP contribution in [0.1, 0.15) is 140 Å². The van der Waals surface area contributed by atoms with E-state index in [4.69, 9.17) is 9.68 Å². The van der Waals surface area contributed by atoms with Crippen molar-refractivity contribution in [2.45, 2.75) is 172 Å². The van der Waals surface area contributed by atoms with Gasteiger partial charge < -0.3 is 41.2 Å². The van der Waals surface area contributed by atoms with Crippen LogP contribution in [-0.4, -0.2) is 85.4 Å². The van der Waals surface area contributed by atoms with Crippen molar-refractivity contribution in [2.24, 2.45) is 5.16 Å². The number of hydrogen-bond acceptors (Lipinski definition) is 10. The van der Waals surface area contributed by atoms with Gasteiger partial charge in [-0.1, -0.05) is 95.2 Å². The number of oxime groups is 1. The Bertz CT molecular complexity index is 2450. The first-order valence-corrected chi connectivity index (χ1v) is 25.7. The fourth-order valence-corrected chi connectivity index (χ4v) is 10.2. The molecular weight excluding hydrogens is 953 g/mol. The first kappa shape index (κ1) is 59.6. The lowest BCUT2D eigenvalue weighted by molar-refractivity contribution is -0.121. The Balaban J connectivity index is 0.000000274. The molecule has 74 heavy (non-hydrogen) atoms. The Morgan fingerprint density at radius 2 is 1.03 bits per heavy atom. The molecule has 6 rings (SSSR count). The highest BCUT2D eigenvalue weighted by Crippen LogP contribution is 2.40. The summed E-state index contributed by atoms with van der Waals surface area (Å²) < 4.78 is 55.0. The summed E-state index contributed by atoms with van der Waals surface area (Å²) in [6.45, 7) is 16.2. The van der Waals surface area contributed by atoms with Crippen molar-refractivity contribution in [3.05, 3.63) is 142 Å². The van der Waals surface area contributed by atoms with E-state index in [0.717, 1.165) is 80.3 Å². The number of aliphatic hydroxyl groups is 2. The molecule has 0 aliphatic heterocycles. The molecule has 0 spiro atoms. The van der Waals surface area contributed by atoms with E-state index in [9.17, 15) is 37.4 Å². The van der Waals surface area contributed by atoms with Gasteiger partial charge in [0.2, 0.25) is 11.8 Å². The number of aliphatic hydroxyl groups excluding tert-OH is 2. The molecule has 0 aromatic heterocycles. The van der Waals surface area contributed by atoms with Gasteiger partial charge in [0.25, 0.3) is 0 Å². The predicted octanol–water partition coefficient (Wildman–Crippen LogP) is 8.98. The molecule has 0 heterocycles. The monoisotopic (exact) mass is 1030 g/mol. The molecule has 16 heteroatoms. The average Bonchev–Trinajstić information content (AvgIpc) is 3.32. The number of carbonyl (C=O) groups is 2. The molecule has 2 aliphatic rings. The van der Waals surface area contributed by atoms with Gasteiger partial charge in [-0.2, -0.15) is 5.48 Å². The summed E-state index contributed by atoms with van der Waals surface area (Å²) in [5.74, 6) is -3.42. The van der Waals surface area contributed by atoms with E-state index in [1.165, 1.54) is 49.2 Å². The molecule has 0 bridgehead atoms. The normalized spacial score (nSPS) is 20.8. The molecule has 0 saturated heterocycles. The van der Waals surface area contributed by atoms with E-state index >= 15 is 0 Å². The van der Waals surface area contributed by atoms with Crippen LogP contribution in [0.3, 0.4) is 0 Å². The maximum atomic E-state index is 13.8. The van der Waals surface area contributed by atoms with E-state index in [1.807, 2.05) is 0 Å². The van der Waals surface area contributed by atoms with E-state index < -0.39 is 53.1 Å². The number of rotatable bonds is 19. The molecule has 2 saturated carbocycles. The highest BCUT2D eigenvalue weighted by atomic mass is 19.1. The number of hydroxylamine groups is 1. The zero-order valence-electron chi connectivity index (χ0n) is 44.9. The lowest BCUT2D eigenvalue weighted by Gasteiger charge is -2.43. The fraction of sp³-hybridized carbons (Fsp3) is 0.534. The summed E-state index contributed by atoms with van der Waals surface area (Å²) >= 11 is 0. The smallest absolute Gasteiger partial charge is 0.217 e. The lowest BCUT2D eigenvalue weighted by Crippen LogP contribution is -2.54. The summed E-state index contributed by atoms with van der Waals surface area (Å²) in [4.78, 5) is 33.9. The predicted molar refractivity (Wildman–Crippen MR) is 282 cm³/mol. The molecule has 2 amide bonds. The molecule has 0 unspecified atom stereocenters. The Kier molecular flexibility index (Phi) is 21.4. The van der Waals surface area contributed by atoms with Gasteiger partial charge in [0.15, 0.2) is 0 Å². The highest BCUT2D eigenvalue weighted by Gasteiger charge is 2.40. The van der Waals surface area contributed by atoms with Crippen molar-refractivity contribution in [3.63, 3.8) is 0 Å². The number of nitrogens with zero attached hydrogens (tertiary/aromatic N) is 1. The second kappa shape index (κ2) is 26.5. The van der Waals surface area contributed by atoms with Crippen molar-refractivity contribution in [3.8, 4) is 0 Å². The third-order valence-electron chi connectivity index (χ3n) is 14.3. The van der Waals surface area contributed by atoms with Gasteiger partial charge in [0.1, 0.15) is 30.4 Å². The summed E-state index contributed by atoms with van der Waals surface area (Å²) in [6, 6.07) is 22.4. The average molecular weight is 1030 g/mol. The molecule has 4 atom stereocenters. The SMILES string of the molecule is CON=C1CCC(NC[C@@H](O)[C@H](Cc2cc(F)cc(F)c2)NC(C)=O)(c2cccc(C(C)(C)C)c2)CC1.CONC1CCC(NC[C@@H](O)[C@H](Cc2cc(F)cc(F)c2)NC(C)=O)(c2cccc(C(C)(C)C)c2)CC1. The Hall–Kier alpha value is -5.23. The molecule has 2 aliphatic carbocycles. The zero-order valence-corrected chi connectivity index (χ0v) is 44.9. The maximum Gasteiger partial charge on any atom is 0.217 e. The minimum Gasteiger partial charge on any atom is -0.399 e. The molecule has 4 aromatic carbocycles. The summed E-state index contributed by atoms with van der Waals surface area (Å²) in [6.07, 6.45) is 4.65. The molecule has 7 N–H and O–H groups in total. The first-order valence-electron chi connectivity index (χ1n) is 25.7. The summed E-state index contributed by atoms with van der Waals surface area (Å²) in [7, 11) is 3.17. The summed E-state index contributed by atoms with van der Waals surface area (Å²) in [5.41, 5.74) is 8.70. The van der Waals surface area contributed by atoms with Gasteiger partial charge in [-0.25, -0.2) is 17.6 Å². The number of hydrogen-bond donors (Lipinski definition) is 7. The molecule has 406 valence electrons. The van der Waals surface area contributed by atoms with Crippen LogP contribution in [0, 0.1) is 23.3 Å². The van der Waals surface area contributed by atoms with Crippen LogP contribution in [0.15, 0.2) is 90.1 Å². The van der Waals surface area contributed by atoms with Crippen molar-refractivity contribution in [1.29, 1.82) is 0 Å². The number of benzene rings is 4. The van der Waals surface area contributed by atoms with E-state index in [1.54, 1.807) is 14.2 Å². The minimum atomic E-state index is -0.994. The first-order chi connectivity index (χ1) is 34.8. The van der Waals surface area contributed by atoms with Gasteiger partial charge in [-0.15, -0.1) is 0 Å². The van der Waals surface area contributed by atoms with Crippen molar-refractivity contribution in [1.82, 2.24) is 26.7 Å². The molecule has 0 radical (unpaired) electrons. The third-order valence-corrected chi connectivity index (χ3v) is 14.3. The molecule has 4 aromatic rings. The second-order valence-corrected chi connectivity index (χ2v) is 22.2. The molecule has 2 fully saturated rings. The second-order valence-electron chi connectivity index (χ2n) is 22.2. The van der Waals surface area contributed by atoms with Crippen LogP contribution >= 0.6 is 0 Å². The van der Waals surface area contributed by atoms with E-state index in [-0.39, 0.29) is 60.2 Å². The zero-order chi connectivity index (χ0) is 54.4. The standard InChI is InChI=1S/C29H41F2N3O3.C29H39F2N3O3/c2*1-19(35)33-26(15-20-13-23(30)17-24(31)14-20)27(36)18-32-29(11-9-25(10-12-29)34-37-5)22-8-6-7-21(16-22)28(2,3)4/h6-8,13-14,16-17,25-27,32,34,36H,9-12,15,18H2,1-5H3,(H,33,35);6-8,13-14,16-17,26-27,32,36H,9-12,15,18H2,1-5H3,(H,33,35)/t25?,26-,27+,29?;26-,27+,29?/m00/s1. The number of amides is 2. The van der Waals surface area contributed by atoms with Gasteiger partial charge in [-0.3, -0.25) is 9.59 Å². The number of halogens is 4. The summed E-state index contributed by atoms with van der Waals surface area (Å²) in [5, 5.41) is 39.2. The van der Waals surface area contributed by atoms with Crippen molar-refractivity contribution in [2.75, 3.05) is 27.3 Å². The van der Waals surface area contributed by atoms with Gasteiger partial charge >= 0.3 is 0 Å². The number of nitrogens with one attached hydrogen (secondary N) is 5. The van der Waals surface area contributed by atoms with Crippen LogP contribution in [-0.2, 0) is 54.0 Å². The van der Waals surface area contributed by atoms with E-state index in [2.05, 4.69) is 122 Å². The largest absolute Gasteiger partial charge is 0.399 e. The van der Waals surface area contributed by atoms with Gasteiger partial charge in [0, 0.05) is 56.2 Å². The van der Waals surface area contributed by atoms with Gasteiger partial charge in [-0.05, 0) is 133 Å². The van der Waals surface area contributed by atoms with Crippen LogP contribution in [0.25, 0.3) is 0 Å². The lowest BCUT2D eigenvalue weighted by atomic mass is 9.73. The highest BCUT2D eigenvalue weighted by molar-refractivity contribution is 5.85. The fourth-order valence-electron chi connectivity index (χ4n) is 10.2. The van der Waals surface area contributed by atoms with Crippen LogP contribution < -0.4 is 26.7 Å². The Labute approximate surface area is 435 Å². The maximum absolute atomic E-state index is 13.8. The van der Waals surface area contributed by atoms with Crippen molar-refractivity contribution < 1.29 is 47.0 Å². The van der Waals surface area contributed by atoms with Crippen LogP contribution in [0.4, 0.5) is 17.6 Å². The number of carbonyl (C=O) groups excluding carboxylic acids is 2. The third kappa shape index (κ3) is 17.4. The minimum absolute atomic E-state index is 0.0117. The van der Waals surface area contributed by atoms with Gasteiger partial charge in [0.05, 0.1) is 37.1 Å². The molecule has 12 nitrogen and oxygen atoms in total. The Morgan fingerprint density at radius 3 is 1.38 bits per heavy atom. The quantitative estimate of drug-likeness (QED) is 0.0359. The van der Waals surface area contributed by atoms with E-state index in [0.29, 0.717) is 11.1 Å². The van der Waals surface area contributed by atoms with Crippen LogP contribution in [0.2, 0.25) is 0 Å². The molecular formula is C58H80F4N6O6. The Morgan fingerprint density at radius 1 is 0.635 bits per heavy atom. The topological polar surface area (TPSA) is 166 Å².